The molecule has 29 heavy (non-hydrogen) atoms. The average molecular weight is 407 g/mol. The van der Waals surface area contributed by atoms with Crippen LogP contribution in [-0.2, 0) is 13.5 Å². The normalized spacial score (nSPS) is 16.2. The number of aromatic nitrogens is 5. The molecule has 0 bridgehead atoms. The number of fused-ring (bicyclic) bond motifs is 2. The first kappa shape index (κ1) is 17.9. The molecular formula is C21H19ClN6O. The van der Waals surface area contributed by atoms with Gasteiger partial charge in [0.05, 0.1) is 23.5 Å². The lowest BCUT2D eigenvalue weighted by Crippen LogP contribution is -2.39. The first-order valence-corrected chi connectivity index (χ1v) is 9.82. The van der Waals surface area contributed by atoms with Crippen LogP contribution in [0, 0.1) is 0 Å². The van der Waals surface area contributed by atoms with Crippen LogP contribution in [0.4, 0.5) is 0 Å². The summed E-state index contributed by atoms with van der Waals surface area (Å²) in [5.74, 6) is -0.106. The molecule has 0 fully saturated rings. The minimum absolute atomic E-state index is 0.0796. The molecule has 4 heterocycles. The molecule has 0 saturated carbocycles. The molecule has 0 aliphatic carbocycles. The highest BCUT2D eigenvalue weighted by Crippen LogP contribution is 2.37. The molecule has 0 N–H and O–H groups in total. The third-order valence-corrected chi connectivity index (χ3v) is 5.68. The summed E-state index contributed by atoms with van der Waals surface area (Å²) in [7, 11) is 1.90. The third kappa shape index (κ3) is 2.98. The van der Waals surface area contributed by atoms with E-state index >= 15 is 0 Å². The summed E-state index contributed by atoms with van der Waals surface area (Å²) in [6, 6.07) is 7.93. The molecule has 1 aliphatic rings. The largest absolute Gasteiger partial charge is 0.330 e. The van der Waals surface area contributed by atoms with E-state index in [4.69, 9.17) is 11.6 Å². The van der Waals surface area contributed by atoms with Crippen LogP contribution >= 0.6 is 11.6 Å². The van der Waals surface area contributed by atoms with Crippen molar-refractivity contribution in [3.05, 3.63) is 70.9 Å². The number of hydrogen-bond acceptors (Lipinski definition) is 4. The lowest BCUT2D eigenvalue weighted by Gasteiger charge is -2.36. The second-order valence-electron chi connectivity index (χ2n) is 7.31. The molecule has 1 aliphatic heterocycles. The van der Waals surface area contributed by atoms with Gasteiger partial charge in [0.25, 0.3) is 5.91 Å². The maximum Gasteiger partial charge on any atom is 0.274 e. The summed E-state index contributed by atoms with van der Waals surface area (Å²) in [5.41, 5.74) is 5.57. The number of aryl methyl sites for hydroxylation is 1. The van der Waals surface area contributed by atoms with Crippen LogP contribution in [0.1, 0.15) is 34.6 Å². The van der Waals surface area contributed by atoms with Gasteiger partial charge in [0, 0.05) is 37.6 Å². The van der Waals surface area contributed by atoms with Crippen molar-refractivity contribution in [2.24, 2.45) is 7.05 Å². The smallest absolute Gasteiger partial charge is 0.274 e. The second kappa shape index (κ2) is 6.70. The molecule has 0 spiro atoms. The SMILES string of the molecule is CC1c2c(cccc2-c2cnn(C)c2)CCN1C(=O)c1cc2ncc(Cl)cn2n1. The molecule has 0 saturated heterocycles. The van der Waals surface area contributed by atoms with E-state index in [2.05, 4.69) is 40.3 Å². The molecule has 1 unspecified atom stereocenters. The van der Waals surface area contributed by atoms with Crippen LogP contribution in [0.3, 0.4) is 0 Å². The lowest BCUT2D eigenvalue weighted by atomic mass is 9.87. The van der Waals surface area contributed by atoms with Crippen LogP contribution in [0.15, 0.2) is 49.1 Å². The number of carbonyl (C=O) groups excluding carboxylic acids is 1. The molecule has 146 valence electrons. The molecule has 4 aromatic rings. The van der Waals surface area contributed by atoms with Gasteiger partial charge in [0.2, 0.25) is 0 Å². The van der Waals surface area contributed by atoms with Crippen molar-refractivity contribution in [1.29, 1.82) is 0 Å². The summed E-state index contributed by atoms with van der Waals surface area (Å²) in [4.78, 5) is 19.4. The summed E-state index contributed by atoms with van der Waals surface area (Å²) in [6.45, 7) is 2.71. The van der Waals surface area contributed by atoms with Gasteiger partial charge in [-0.1, -0.05) is 29.8 Å². The Balaban J connectivity index is 1.53. The van der Waals surface area contributed by atoms with Crippen LogP contribution < -0.4 is 0 Å². The van der Waals surface area contributed by atoms with Crippen LogP contribution in [0.25, 0.3) is 16.8 Å². The molecule has 3 aromatic heterocycles. The van der Waals surface area contributed by atoms with Crippen LogP contribution in [0.5, 0.6) is 0 Å². The Hall–Kier alpha value is -3.19. The van der Waals surface area contributed by atoms with Crippen molar-refractivity contribution >= 4 is 23.2 Å². The van der Waals surface area contributed by atoms with Crippen molar-refractivity contribution in [1.82, 2.24) is 29.3 Å². The van der Waals surface area contributed by atoms with Crippen molar-refractivity contribution in [2.45, 2.75) is 19.4 Å². The summed E-state index contributed by atoms with van der Waals surface area (Å²) in [5, 5.41) is 9.17. The molecule has 8 heteroatoms. The highest BCUT2D eigenvalue weighted by molar-refractivity contribution is 6.30. The highest BCUT2D eigenvalue weighted by atomic mass is 35.5. The zero-order valence-corrected chi connectivity index (χ0v) is 16.8. The van der Waals surface area contributed by atoms with Crippen LogP contribution in [-0.4, -0.2) is 41.7 Å². The number of halogens is 1. The fourth-order valence-corrected chi connectivity index (χ4v) is 4.25. The number of benzene rings is 1. The maximum absolute atomic E-state index is 13.3. The number of rotatable bonds is 2. The van der Waals surface area contributed by atoms with Gasteiger partial charge in [-0.25, -0.2) is 9.50 Å². The van der Waals surface area contributed by atoms with E-state index in [1.54, 1.807) is 27.7 Å². The van der Waals surface area contributed by atoms with E-state index in [0.717, 1.165) is 17.5 Å². The lowest BCUT2D eigenvalue weighted by molar-refractivity contribution is 0.0672. The molecule has 0 radical (unpaired) electrons. The Morgan fingerprint density at radius 1 is 1.24 bits per heavy atom. The molecular weight excluding hydrogens is 388 g/mol. The molecule has 7 nitrogen and oxygen atoms in total. The standard InChI is InChI=1S/C21H19ClN6O/c1-13-20-14(4-3-5-17(20)15-9-24-26(2)11-15)6-7-27(13)21(29)18-8-19-23-10-16(22)12-28(19)25-18/h3-5,8-13H,6-7H2,1-2H3. The predicted octanol–water partition coefficient (Wildman–Crippen LogP) is 3.54. The fourth-order valence-electron chi connectivity index (χ4n) is 4.11. The summed E-state index contributed by atoms with van der Waals surface area (Å²) < 4.78 is 3.33. The fraction of sp³-hybridized carbons (Fsp3) is 0.238. The first-order valence-electron chi connectivity index (χ1n) is 9.44. The van der Waals surface area contributed by atoms with Crippen molar-refractivity contribution < 1.29 is 4.79 Å². The Labute approximate surface area is 172 Å². The predicted molar refractivity (Wildman–Crippen MR) is 110 cm³/mol. The van der Waals surface area contributed by atoms with E-state index in [-0.39, 0.29) is 11.9 Å². The molecule has 1 aromatic carbocycles. The second-order valence-corrected chi connectivity index (χ2v) is 7.75. The van der Waals surface area contributed by atoms with E-state index in [1.807, 2.05) is 24.3 Å². The maximum atomic E-state index is 13.3. The zero-order chi connectivity index (χ0) is 20.1. The van der Waals surface area contributed by atoms with Gasteiger partial charge in [-0.05, 0) is 30.0 Å². The first-order chi connectivity index (χ1) is 14.0. The minimum Gasteiger partial charge on any atom is -0.330 e. The summed E-state index contributed by atoms with van der Waals surface area (Å²) in [6.07, 6.45) is 7.86. The highest BCUT2D eigenvalue weighted by Gasteiger charge is 2.31. The van der Waals surface area contributed by atoms with E-state index in [9.17, 15) is 4.79 Å². The van der Waals surface area contributed by atoms with Gasteiger partial charge in [-0.2, -0.15) is 10.2 Å². The van der Waals surface area contributed by atoms with Crippen molar-refractivity contribution in [3.63, 3.8) is 0 Å². The van der Waals surface area contributed by atoms with Gasteiger partial charge >= 0.3 is 0 Å². The van der Waals surface area contributed by atoms with Gasteiger partial charge in [-0.15, -0.1) is 0 Å². The number of amides is 1. The molecule has 5 rings (SSSR count). The van der Waals surface area contributed by atoms with E-state index in [0.29, 0.717) is 22.9 Å². The van der Waals surface area contributed by atoms with E-state index in [1.165, 1.54) is 11.1 Å². The molecule has 1 atom stereocenters. The molecule has 1 amide bonds. The Morgan fingerprint density at radius 2 is 2.10 bits per heavy atom. The number of carbonyl (C=O) groups is 1. The minimum atomic E-state index is -0.106. The van der Waals surface area contributed by atoms with E-state index < -0.39 is 0 Å². The average Bonchev–Trinajstić information content (AvgIpc) is 3.33. The quantitative estimate of drug-likeness (QED) is 0.510. The van der Waals surface area contributed by atoms with Gasteiger partial charge < -0.3 is 4.90 Å². The summed E-state index contributed by atoms with van der Waals surface area (Å²) >= 11 is 5.99. The number of nitrogens with zero attached hydrogens (tertiary/aromatic N) is 6. The Bertz CT molecular complexity index is 1240. The van der Waals surface area contributed by atoms with Gasteiger partial charge in [-0.3, -0.25) is 9.48 Å². The van der Waals surface area contributed by atoms with Gasteiger partial charge in [0.1, 0.15) is 0 Å². The zero-order valence-electron chi connectivity index (χ0n) is 16.1. The topological polar surface area (TPSA) is 68.3 Å². The van der Waals surface area contributed by atoms with Gasteiger partial charge in [0.15, 0.2) is 11.3 Å². The Kier molecular flexibility index (Phi) is 4.13. The van der Waals surface area contributed by atoms with Crippen LogP contribution in [0.2, 0.25) is 5.02 Å². The Morgan fingerprint density at radius 3 is 2.90 bits per heavy atom. The monoisotopic (exact) mass is 406 g/mol. The van der Waals surface area contributed by atoms with Crippen molar-refractivity contribution in [2.75, 3.05) is 6.54 Å². The number of hydrogen-bond donors (Lipinski definition) is 0. The van der Waals surface area contributed by atoms with Crippen molar-refractivity contribution in [3.8, 4) is 11.1 Å². The third-order valence-electron chi connectivity index (χ3n) is 5.48.